The lowest BCUT2D eigenvalue weighted by Crippen LogP contribution is -2.43. The van der Waals surface area contributed by atoms with Crippen LogP contribution in [0.4, 0.5) is 5.82 Å². The van der Waals surface area contributed by atoms with E-state index in [4.69, 9.17) is 4.74 Å². The topological polar surface area (TPSA) is 101 Å². The Balaban J connectivity index is 1.54. The Morgan fingerprint density at radius 1 is 1.27 bits per heavy atom. The van der Waals surface area contributed by atoms with Crippen molar-refractivity contribution in [2.24, 2.45) is 5.92 Å². The molecule has 1 unspecified atom stereocenters. The average Bonchev–Trinajstić information content (AvgIpc) is 3.40. The average molecular weight is 487 g/mol. The third-order valence-electron chi connectivity index (χ3n) is 6.14. The fraction of sp³-hybridized carbons (Fsp3) is 0.348. The van der Waals surface area contributed by atoms with E-state index in [0.29, 0.717) is 11.7 Å². The van der Waals surface area contributed by atoms with Crippen molar-refractivity contribution in [2.45, 2.75) is 44.4 Å². The molecule has 3 aromatic heterocycles. The number of hydrogen-bond acceptors (Lipinski definition) is 8. The van der Waals surface area contributed by atoms with Gasteiger partial charge in [0, 0.05) is 29.9 Å². The fourth-order valence-corrected chi connectivity index (χ4v) is 5.37. The summed E-state index contributed by atoms with van der Waals surface area (Å²) in [6.45, 7) is 7.37. The molecule has 0 aromatic carbocycles. The first-order chi connectivity index (χ1) is 15.7. The van der Waals surface area contributed by atoms with E-state index in [2.05, 4.69) is 40.4 Å². The number of sulfonamides is 1. The van der Waals surface area contributed by atoms with Crippen molar-refractivity contribution >= 4 is 33.1 Å². The highest BCUT2D eigenvalue weighted by molar-refractivity contribution is 7.90. The van der Waals surface area contributed by atoms with Crippen LogP contribution in [-0.2, 0) is 16.6 Å². The van der Waals surface area contributed by atoms with Gasteiger partial charge in [0.15, 0.2) is 5.03 Å². The predicted molar refractivity (Wildman–Crippen MR) is 127 cm³/mol. The zero-order valence-corrected chi connectivity index (χ0v) is 20.3. The van der Waals surface area contributed by atoms with Crippen molar-refractivity contribution in [2.75, 3.05) is 11.4 Å². The quantitative estimate of drug-likeness (QED) is 0.541. The summed E-state index contributed by atoms with van der Waals surface area (Å²) in [4.78, 5) is 23.6. The summed E-state index contributed by atoms with van der Waals surface area (Å²) in [5.74, 6) is 0.284. The molecule has 1 amide bonds. The Morgan fingerprint density at radius 3 is 2.79 bits per heavy atom. The first-order valence-corrected chi connectivity index (χ1v) is 13.0. The number of nitrogens with one attached hydrogen (secondary N) is 1. The Labute approximate surface area is 197 Å². The van der Waals surface area contributed by atoms with E-state index in [9.17, 15) is 13.2 Å². The molecule has 1 atom stereocenters. The van der Waals surface area contributed by atoms with E-state index >= 15 is 0 Å². The standard InChI is InChI=1S/C23H26N4O4S2/c1-16-9-12-27(23(16,2)3)21-18(6-5-11-24-21)22(28)26-33(29,30)20-8-4-7-19(25-20)31-14-17-10-13-32-15-17/h4-8,10-11,13,15-16H,9,12,14H2,1-3H3,(H,26,28). The van der Waals surface area contributed by atoms with Gasteiger partial charge in [-0.2, -0.15) is 24.7 Å². The van der Waals surface area contributed by atoms with E-state index in [1.165, 1.54) is 12.1 Å². The highest BCUT2D eigenvalue weighted by Gasteiger charge is 2.40. The number of ether oxygens (including phenoxy) is 1. The van der Waals surface area contributed by atoms with Gasteiger partial charge in [-0.3, -0.25) is 4.79 Å². The van der Waals surface area contributed by atoms with E-state index < -0.39 is 15.9 Å². The van der Waals surface area contributed by atoms with Crippen LogP contribution in [0.3, 0.4) is 0 Å². The van der Waals surface area contributed by atoms with Crippen molar-refractivity contribution in [3.63, 3.8) is 0 Å². The molecule has 1 aliphatic rings. The zero-order valence-electron chi connectivity index (χ0n) is 18.7. The third-order valence-corrected chi connectivity index (χ3v) is 8.11. The minimum atomic E-state index is -4.22. The summed E-state index contributed by atoms with van der Waals surface area (Å²) in [6, 6.07) is 9.54. The van der Waals surface area contributed by atoms with Gasteiger partial charge in [0.05, 0.1) is 5.56 Å². The molecule has 4 heterocycles. The van der Waals surface area contributed by atoms with E-state index in [1.54, 1.807) is 35.7 Å². The van der Waals surface area contributed by atoms with Gasteiger partial charge in [-0.25, -0.2) is 9.71 Å². The zero-order chi connectivity index (χ0) is 23.6. The number of thiophene rings is 1. The first-order valence-electron chi connectivity index (χ1n) is 10.6. The molecular weight excluding hydrogens is 460 g/mol. The number of carbonyl (C=O) groups is 1. The number of pyridine rings is 2. The molecule has 8 nitrogen and oxygen atoms in total. The van der Waals surface area contributed by atoms with Crippen LogP contribution in [0, 0.1) is 5.92 Å². The largest absolute Gasteiger partial charge is 0.473 e. The SMILES string of the molecule is CC1CCN(c2ncccc2C(=O)NS(=O)(=O)c2cccc(OCc3ccsc3)n2)C1(C)C. The molecule has 1 fully saturated rings. The Bertz CT molecular complexity index is 1240. The fourth-order valence-electron chi connectivity index (χ4n) is 3.79. The van der Waals surface area contributed by atoms with Gasteiger partial charge in [0.25, 0.3) is 15.9 Å². The molecule has 3 aromatic rings. The minimum absolute atomic E-state index is 0.159. The van der Waals surface area contributed by atoms with Crippen molar-refractivity contribution in [3.8, 4) is 5.88 Å². The number of amides is 1. The Kier molecular flexibility index (Phi) is 6.40. The molecule has 33 heavy (non-hydrogen) atoms. The Morgan fingerprint density at radius 2 is 2.09 bits per heavy atom. The predicted octanol–water partition coefficient (Wildman–Crippen LogP) is 3.86. The molecule has 0 aliphatic carbocycles. The minimum Gasteiger partial charge on any atom is -0.473 e. The van der Waals surface area contributed by atoms with Crippen LogP contribution in [-0.4, -0.2) is 36.4 Å². The monoisotopic (exact) mass is 486 g/mol. The van der Waals surface area contributed by atoms with Crippen molar-refractivity contribution in [1.82, 2.24) is 14.7 Å². The van der Waals surface area contributed by atoms with Gasteiger partial charge in [0.2, 0.25) is 5.88 Å². The first kappa shape index (κ1) is 23.2. The highest BCUT2D eigenvalue weighted by Crippen LogP contribution is 2.38. The number of rotatable bonds is 7. The number of nitrogens with zero attached hydrogens (tertiary/aromatic N) is 3. The maximum Gasteiger partial charge on any atom is 0.281 e. The van der Waals surface area contributed by atoms with E-state index in [1.807, 2.05) is 16.8 Å². The normalized spacial score (nSPS) is 17.7. The summed E-state index contributed by atoms with van der Waals surface area (Å²) in [5, 5.41) is 3.58. The van der Waals surface area contributed by atoms with Gasteiger partial charge in [-0.05, 0) is 61.2 Å². The van der Waals surface area contributed by atoms with Crippen molar-refractivity contribution in [3.05, 3.63) is 64.5 Å². The summed E-state index contributed by atoms with van der Waals surface area (Å²) in [7, 11) is -4.22. The maximum atomic E-state index is 13.1. The van der Waals surface area contributed by atoms with Crippen molar-refractivity contribution < 1.29 is 17.9 Å². The molecule has 1 aliphatic heterocycles. The van der Waals surface area contributed by atoms with Gasteiger partial charge >= 0.3 is 0 Å². The molecule has 0 spiro atoms. The van der Waals surface area contributed by atoms with Crippen LogP contribution in [0.15, 0.2) is 58.4 Å². The molecule has 0 saturated carbocycles. The van der Waals surface area contributed by atoms with E-state index in [-0.39, 0.29) is 28.6 Å². The lowest BCUT2D eigenvalue weighted by molar-refractivity contribution is 0.0981. The van der Waals surface area contributed by atoms with Crippen LogP contribution in [0.5, 0.6) is 5.88 Å². The molecule has 4 rings (SSSR count). The summed E-state index contributed by atoms with van der Waals surface area (Å²) < 4.78 is 33.6. The van der Waals surface area contributed by atoms with Crippen LogP contribution in [0.1, 0.15) is 43.1 Å². The van der Waals surface area contributed by atoms with Gasteiger partial charge in [-0.15, -0.1) is 0 Å². The highest BCUT2D eigenvalue weighted by atomic mass is 32.2. The number of anilines is 1. The molecular formula is C23H26N4O4S2. The molecule has 10 heteroatoms. The summed E-state index contributed by atoms with van der Waals surface area (Å²) in [5.41, 5.74) is 0.956. The molecule has 1 saturated heterocycles. The van der Waals surface area contributed by atoms with Crippen LogP contribution in [0.25, 0.3) is 0 Å². The lowest BCUT2D eigenvalue weighted by atomic mass is 9.90. The van der Waals surface area contributed by atoms with Crippen LogP contribution >= 0.6 is 11.3 Å². The van der Waals surface area contributed by atoms with Gasteiger partial charge in [0.1, 0.15) is 12.4 Å². The number of hydrogen-bond donors (Lipinski definition) is 1. The smallest absolute Gasteiger partial charge is 0.281 e. The van der Waals surface area contributed by atoms with Crippen molar-refractivity contribution in [1.29, 1.82) is 0 Å². The third kappa shape index (κ3) is 4.86. The van der Waals surface area contributed by atoms with Gasteiger partial charge < -0.3 is 9.64 Å². The summed E-state index contributed by atoms with van der Waals surface area (Å²) in [6.07, 6.45) is 2.57. The number of carbonyl (C=O) groups excluding carboxylic acids is 1. The molecule has 1 N–H and O–H groups in total. The Hall–Kier alpha value is -2.98. The molecule has 0 radical (unpaired) electrons. The van der Waals surface area contributed by atoms with Crippen LogP contribution in [0.2, 0.25) is 0 Å². The van der Waals surface area contributed by atoms with Crippen LogP contribution < -0.4 is 14.4 Å². The number of aromatic nitrogens is 2. The van der Waals surface area contributed by atoms with E-state index in [0.717, 1.165) is 18.5 Å². The molecule has 174 valence electrons. The molecule has 0 bridgehead atoms. The summed E-state index contributed by atoms with van der Waals surface area (Å²) >= 11 is 1.54. The second-order valence-corrected chi connectivity index (χ2v) is 10.9. The second-order valence-electron chi connectivity index (χ2n) is 8.54. The maximum absolute atomic E-state index is 13.1. The van der Waals surface area contributed by atoms with Gasteiger partial charge in [-0.1, -0.05) is 13.0 Å². The lowest BCUT2D eigenvalue weighted by Gasteiger charge is -2.36. The second kappa shape index (κ2) is 9.11.